The number of hydrogen-bond donors (Lipinski definition) is 0. The van der Waals surface area contributed by atoms with E-state index in [1.54, 1.807) is 6.20 Å². The van der Waals surface area contributed by atoms with Crippen LogP contribution in [0.5, 0.6) is 0 Å². The lowest BCUT2D eigenvalue weighted by atomic mass is 10.1. The molecule has 3 aromatic rings. The molecule has 0 spiro atoms. The molecule has 2 nitrogen and oxygen atoms in total. The summed E-state index contributed by atoms with van der Waals surface area (Å²) in [5.74, 6) is 0. The van der Waals surface area contributed by atoms with E-state index in [-0.39, 0.29) is 0 Å². The summed E-state index contributed by atoms with van der Waals surface area (Å²) in [6.07, 6.45) is 5.50. The van der Waals surface area contributed by atoms with E-state index in [4.69, 9.17) is 0 Å². The Hall–Kier alpha value is -2.22. The molecule has 0 aliphatic rings. The minimum Gasteiger partial charge on any atom is -0.264 e. The Bertz CT molecular complexity index is 618. The predicted octanol–water partition coefficient (Wildman–Crippen LogP) is 3.30. The van der Waals surface area contributed by atoms with Gasteiger partial charge >= 0.3 is 0 Å². The second-order valence-corrected chi connectivity index (χ2v) is 3.66. The quantitative estimate of drug-likeness (QED) is 0.610. The summed E-state index contributed by atoms with van der Waals surface area (Å²) < 4.78 is 0. The zero-order valence-corrected chi connectivity index (χ0v) is 8.67. The van der Waals surface area contributed by atoms with Crippen LogP contribution in [0, 0.1) is 0 Å². The fourth-order valence-corrected chi connectivity index (χ4v) is 1.75. The van der Waals surface area contributed by atoms with E-state index < -0.39 is 0 Å². The standard InChI is InChI=1S/C14H10N2/c1-2-4-11(5-3-1)14-8-12-6-7-15-9-13(12)10-16-14/h1-10H. The van der Waals surface area contributed by atoms with Crippen LogP contribution in [0.2, 0.25) is 0 Å². The van der Waals surface area contributed by atoms with Crippen LogP contribution in [-0.2, 0) is 0 Å². The molecule has 0 saturated heterocycles. The van der Waals surface area contributed by atoms with Crippen LogP contribution >= 0.6 is 0 Å². The van der Waals surface area contributed by atoms with Gasteiger partial charge in [-0.3, -0.25) is 9.97 Å². The first kappa shape index (κ1) is 9.04. The molecule has 0 fully saturated rings. The van der Waals surface area contributed by atoms with Gasteiger partial charge in [0.2, 0.25) is 0 Å². The van der Waals surface area contributed by atoms with Gasteiger partial charge in [-0.05, 0) is 17.5 Å². The molecule has 0 radical (unpaired) electrons. The smallest absolute Gasteiger partial charge is 0.0708 e. The maximum absolute atomic E-state index is 4.44. The molecule has 76 valence electrons. The van der Waals surface area contributed by atoms with Gasteiger partial charge in [-0.15, -0.1) is 0 Å². The van der Waals surface area contributed by atoms with Gasteiger partial charge in [-0.1, -0.05) is 30.3 Å². The van der Waals surface area contributed by atoms with Crippen molar-refractivity contribution in [1.29, 1.82) is 0 Å². The first-order chi connectivity index (χ1) is 7.93. The van der Waals surface area contributed by atoms with Crippen LogP contribution in [0.1, 0.15) is 0 Å². The highest BCUT2D eigenvalue weighted by molar-refractivity contribution is 5.84. The highest BCUT2D eigenvalue weighted by atomic mass is 14.7. The van der Waals surface area contributed by atoms with Gasteiger partial charge in [0, 0.05) is 29.5 Å². The Morgan fingerprint density at radius 3 is 2.56 bits per heavy atom. The first-order valence-corrected chi connectivity index (χ1v) is 5.19. The lowest BCUT2D eigenvalue weighted by Crippen LogP contribution is -1.84. The van der Waals surface area contributed by atoms with Crippen LogP contribution in [0.15, 0.2) is 61.1 Å². The van der Waals surface area contributed by atoms with Crippen molar-refractivity contribution >= 4 is 10.8 Å². The fraction of sp³-hybridized carbons (Fsp3) is 0. The largest absolute Gasteiger partial charge is 0.264 e. The number of pyridine rings is 2. The highest BCUT2D eigenvalue weighted by Crippen LogP contribution is 2.20. The highest BCUT2D eigenvalue weighted by Gasteiger charge is 1.99. The van der Waals surface area contributed by atoms with Crippen molar-refractivity contribution in [2.75, 3.05) is 0 Å². The van der Waals surface area contributed by atoms with Gasteiger partial charge in [-0.25, -0.2) is 0 Å². The number of aromatic nitrogens is 2. The van der Waals surface area contributed by atoms with Gasteiger partial charge in [0.1, 0.15) is 0 Å². The Morgan fingerprint density at radius 2 is 1.69 bits per heavy atom. The fourth-order valence-electron chi connectivity index (χ4n) is 1.75. The normalized spacial score (nSPS) is 10.5. The van der Waals surface area contributed by atoms with Crippen LogP contribution in [0.3, 0.4) is 0 Å². The molecule has 0 aliphatic carbocycles. The lowest BCUT2D eigenvalue weighted by Gasteiger charge is -2.02. The second-order valence-electron chi connectivity index (χ2n) is 3.66. The number of fused-ring (bicyclic) bond motifs is 1. The molecule has 2 heteroatoms. The van der Waals surface area contributed by atoms with E-state index in [1.165, 1.54) is 5.39 Å². The van der Waals surface area contributed by atoms with Gasteiger partial charge in [0.15, 0.2) is 0 Å². The lowest BCUT2D eigenvalue weighted by molar-refractivity contribution is 1.32. The summed E-state index contributed by atoms with van der Waals surface area (Å²) in [6, 6.07) is 14.3. The predicted molar refractivity (Wildman–Crippen MR) is 65.0 cm³/mol. The Labute approximate surface area is 93.6 Å². The molecule has 0 saturated carbocycles. The summed E-state index contributed by atoms with van der Waals surface area (Å²) >= 11 is 0. The summed E-state index contributed by atoms with van der Waals surface area (Å²) in [5.41, 5.74) is 2.14. The van der Waals surface area contributed by atoms with Crippen molar-refractivity contribution in [2.45, 2.75) is 0 Å². The molecule has 0 N–H and O–H groups in total. The third-order valence-electron chi connectivity index (χ3n) is 2.59. The van der Waals surface area contributed by atoms with Gasteiger partial charge in [-0.2, -0.15) is 0 Å². The maximum atomic E-state index is 4.44. The molecule has 0 bridgehead atoms. The van der Waals surface area contributed by atoms with E-state index >= 15 is 0 Å². The van der Waals surface area contributed by atoms with E-state index in [2.05, 4.69) is 28.2 Å². The number of benzene rings is 1. The number of hydrogen-bond acceptors (Lipinski definition) is 2. The van der Waals surface area contributed by atoms with Gasteiger partial charge < -0.3 is 0 Å². The van der Waals surface area contributed by atoms with Crippen LogP contribution in [-0.4, -0.2) is 9.97 Å². The Kier molecular flexibility index (Phi) is 2.11. The van der Waals surface area contributed by atoms with Crippen LogP contribution in [0.4, 0.5) is 0 Å². The van der Waals surface area contributed by atoms with Crippen molar-refractivity contribution in [1.82, 2.24) is 9.97 Å². The molecule has 0 unspecified atom stereocenters. The van der Waals surface area contributed by atoms with E-state index in [9.17, 15) is 0 Å². The summed E-state index contributed by atoms with van der Waals surface area (Å²) in [7, 11) is 0. The van der Waals surface area contributed by atoms with Crippen molar-refractivity contribution in [2.24, 2.45) is 0 Å². The molecule has 0 aliphatic heterocycles. The topological polar surface area (TPSA) is 25.8 Å². The maximum Gasteiger partial charge on any atom is 0.0708 e. The average molecular weight is 206 g/mol. The minimum atomic E-state index is 0.999. The summed E-state index contributed by atoms with van der Waals surface area (Å²) in [6.45, 7) is 0. The molecule has 16 heavy (non-hydrogen) atoms. The first-order valence-electron chi connectivity index (χ1n) is 5.19. The zero-order valence-electron chi connectivity index (χ0n) is 8.67. The molecular formula is C14H10N2. The number of rotatable bonds is 1. The van der Waals surface area contributed by atoms with Crippen molar-refractivity contribution < 1.29 is 0 Å². The molecule has 0 amide bonds. The zero-order chi connectivity index (χ0) is 10.8. The molecule has 3 rings (SSSR count). The van der Waals surface area contributed by atoms with Crippen molar-refractivity contribution in [3.63, 3.8) is 0 Å². The van der Waals surface area contributed by atoms with Crippen molar-refractivity contribution in [3.8, 4) is 11.3 Å². The van der Waals surface area contributed by atoms with E-state index in [1.807, 2.05) is 36.7 Å². The van der Waals surface area contributed by atoms with Gasteiger partial charge in [0.25, 0.3) is 0 Å². The molecule has 1 aromatic carbocycles. The summed E-state index contributed by atoms with van der Waals surface area (Å²) in [4.78, 5) is 8.51. The molecule has 2 heterocycles. The molecule has 2 aromatic heterocycles. The monoisotopic (exact) mass is 206 g/mol. The second kappa shape index (κ2) is 3.74. The average Bonchev–Trinajstić information content (AvgIpc) is 2.39. The number of nitrogens with zero attached hydrogens (tertiary/aromatic N) is 2. The third-order valence-corrected chi connectivity index (χ3v) is 2.59. The van der Waals surface area contributed by atoms with Crippen molar-refractivity contribution in [3.05, 3.63) is 61.1 Å². The SMILES string of the molecule is c1ccc(-c2cc3ccncc3cn2)cc1. The Morgan fingerprint density at radius 1 is 0.812 bits per heavy atom. The summed E-state index contributed by atoms with van der Waals surface area (Å²) in [5, 5.41) is 2.24. The molecular weight excluding hydrogens is 196 g/mol. The Balaban J connectivity index is 2.19. The molecule has 0 atom stereocenters. The van der Waals surface area contributed by atoms with E-state index in [0.717, 1.165) is 16.6 Å². The van der Waals surface area contributed by atoms with Gasteiger partial charge in [0.05, 0.1) is 5.69 Å². The minimum absolute atomic E-state index is 0.999. The third kappa shape index (κ3) is 1.54. The van der Waals surface area contributed by atoms with E-state index in [0.29, 0.717) is 0 Å². The van der Waals surface area contributed by atoms with Crippen LogP contribution in [0.25, 0.3) is 22.0 Å². The van der Waals surface area contributed by atoms with Crippen LogP contribution < -0.4 is 0 Å².